The second kappa shape index (κ2) is 11.4. The predicted molar refractivity (Wildman–Crippen MR) is 150 cm³/mol. The maximum absolute atomic E-state index is 13.2. The van der Waals surface area contributed by atoms with Crippen molar-refractivity contribution < 1.29 is 4.79 Å². The Morgan fingerprint density at radius 3 is 2.34 bits per heavy atom. The molecule has 0 spiro atoms. The molecule has 8 nitrogen and oxygen atoms in total. The number of benzene rings is 1. The molecule has 2 saturated heterocycles. The molecule has 3 aromatic heterocycles. The zero-order valence-electron chi connectivity index (χ0n) is 21.8. The van der Waals surface area contributed by atoms with E-state index in [1.165, 1.54) is 44.1 Å². The van der Waals surface area contributed by atoms with Crippen LogP contribution in [0, 0.1) is 0 Å². The first kappa shape index (κ1) is 24.7. The summed E-state index contributed by atoms with van der Waals surface area (Å²) in [5.41, 5.74) is 6.17. The Morgan fingerprint density at radius 2 is 1.58 bits per heavy atom. The third kappa shape index (κ3) is 5.76. The van der Waals surface area contributed by atoms with Crippen LogP contribution in [0.3, 0.4) is 0 Å². The standard InChI is InChI=1S/C30H35N7O/c38-30(33-25-8-9-26(32-19-25)21-37-13-5-6-14-37)29-27-16-23(7-10-28(27)34-35-29)24-15-22(17-31-18-24)20-36-11-3-1-2-4-12-36/h7-10,15-19H,1-6,11-14,20-21H2,(H,33,38)(H,34,35). The maximum atomic E-state index is 13.2. The van der Waals surface area contributed by atoms with Crippen molar-refractivity contribution in [1.29, 1.82) is 0 Å². The molecule has 0 saturated carbocycles. The molecule has 2 fully saturated rings. The number of anilines is 1. The van der Waals surface area contributed by atoms with E-state index in [0.29, 0.717) is 11.4 Å². The van der Waals surface area contributed by atoms with Crippen LogP contribution in [0.2, 0.25) is 0 Å². The van der Waals surface area contributed by atoms with Gasteiger partial charge in [-0.1, -0.05) is 18.9 Å². The first-order valence-electron chi connectivity index (χ1n) is 13.8. The van der Waals surface area contributed by atoms with E-state index in [-0.39, 0.29) is 5.91 Å². The number of aromatic amines is 1. The zero-order valence-corrected chi connectivity index (χ0v) is 21.8. The van der Waals surface area contributed by atoms with Crippen LogP contribution in [-0.4, -0.2) is 62.1 Å². The van der Waals surface area contributed by atoms with E-state index in [9.17, 15) is 4.79 Å². The fourth-order valence-electron chi connectivity index (χ4n) is 5.60. The Morgan fingerprint density at radius 1 is 0.816 bits per heavy atom. The highest BCUT2D eigenvalue weighted by atomic mass is 16.1. The zero-order chi connectivity index (χ0) is 25.7. The van der Waals surface area contributed by atoms with E-state index in [0.717, 1.165) is 67.0 Å². The van der Waals surface area contributed by atoms with Crippen molar-refractivity contribution in [3.05, 3.63) is 71.9 Å². The summed E-state index contributed by atoms with van der Waals surface area (Å²) in [6.45, 7) is 6.35. The molecule has 6 rings (SSSR count). The molecule has 0 radical (unpaired) electrons. The van der Waals surface area contributed by atoms with Crippen LogP contribution in [0.25, 0.3) is 22.0 Å². The molecule has 8 heteroatoms. The molecule has 196 valence electrons. The van der Waals surface area contributed by atoms with E-state index < -0.39 is 0 Å². The summed E-state index contributed by atoms with van der Waals surface area (Å²) in [7, 11) is 0. The van der Waals surface area contributed by atoms with Crippen molar-refractivity contribution in [3.63, 3.8) is 0 Å². The van der Waals surface area contributed by atoms with Gasteiger partial charge in [0, 0.05) is 36.4 Å². The van der Waals surface area contributed by atoms with Crippen LogP contribution in [0.4, 0.5) is 5.69 Å². The number of amides is 1. The van der Waals surface area contributed by atoms with Gasteiger partial charge < -0.3 is 5.32 Å². The summed E-state index contributed by atoms with van der Waals surface area (Å²) in [4.78, 5) is 27.2. The average Bonchev–Trinajstić information content (AvgIpc) is 3.54. The van der Waals surface area contributed by atoms with E-state index in [2.05, 4.69) is 47.4 Å². The second-order valence-corrected chi connectivity index (χ2v) is 10.6. The van der Waals surface area contributed by atoms with Crippen molar-refractivity contribution in [2.24, 2.45) is 0 Å². The largest absolute Gasteiger partial charge is 0.319 e. The van der Waals surface area contributed by atoms with Crippen molar-refractivity contribution in [1.82, 2.24) is 30.0 Å². The van der Waals surface area contributed by atoms with Gasteiger partial charge in [-0.25, -0.2) is 0 Å². The van der Waals surface area contributed by atoms with Crippen LogP contribution in [0.5, 0.6) is 0 Å². The Labute approximate surface area is 223 Å². The van der Waals surface area contributed by atoms with Gasteiger partial charge in [-0.2, -0.15) is 5.10 Å². The predicted octanol–water partition coefficient (Wildman–Crippen LogP) is 5.24. The summed E-state index contributed by atoms with van der Waals surface area (Å²) in [5, 5.41) is 11.1. The van der Waals surface area contributed by atoms with Crippen LogP contribution in [-0.2, 0) is 13.1 Å². The van der Waals surface area contributed by atoms with Crippen molar-refractivity contribution in [3.8, 4) is 11.1 Å². The quantitative estimate of drug-likeness (QED) is 0.354. The number of H-pyrrole nitrogens is 1. The summed E-state index contributed by atoms with van der Waals surface area (Å²) in [6.07, 6.45) is 13.3. The topological polar surface area (TPSA) is 90.0 Å². The summed E-state index contributed by atoms with van der Waals surface area (Å²) < 4.78 is 0. The second-order valence-electron chi connectivity index (χ2n) is 10.6. The van der Waals surface area contributed by atoms with E-state index >= 15 is 0 Å². The smallest absolute Gasteiger partial charge is 0.276 e. The fraction of sp³-hybridized carbons (Fsp3) is 0.400. The van der Waals surface area contributed by atoms with Gasteiger partial charge in [-0.05, 0) is 93.3 Å². The highest BCUT2D eigenvalue weighted by Crippen LogP contribution is 2.27. The van der Waals surface area contributed by atoms with Crippen molar-refractivity contribution >= 4 is 22.5 Å². The van der Waals surface area contributed by atoms with Crippen molar-refractivity contribution in [2.75, 3.05) is 31.5 Å². The molecule has 5 heterocycles. The lowest BCUT2D eigenvalue weighted by atomic mass is 10.0. The monoisotopic (exact) mass is 509 g/mol. The molecule has 0 atom stereocenters. The number of nitrogens with zero attached hydrogens (tertiary/aromatic N) is 5. The highest BCUT2D eigenvalue weighted by molar-refractivity contribution is 6.11. The average molecular weight is 510 g/mol. The number of fused-ring (bicyclic) bond motifs is 1. The lowest BCUT2D eigenvalue weighted by Gasteiger charge is -2.19. The molecule has 0 unspecified atom stereocenters. The number of nitrogens with one attached hydrogen (secondary N) is 2. The number of rotatable bonds is 7. The molecule has 0 aliphatic carbocycles. The molecule has 0 bridgehead atoms. The van der Waals surface area contributed by atoms with Gasteiger partial charge in [0.2, 0.25) is 0 Å². The van der Waals surface area contributed by atoms with Gasteiger partial charge >= 0.3 is 0 Å². The third-order valence-corrected chi connectivity index (χ3v) is 7.68. The number of carbonyl (C=O) groups is 1. The first-order valence-corrected chi connectivity index (χ1v) is 13.8. The van der Waals surface area contributed by atoms with E-state index in [1.54, 1.807) is 6.20 Å². The molecular formula is C30H35N7O. The lowest BCUT2D eigenvalue weighted by Crippen LogP contribution is -2.24. The van der Waals surface area contributed by atoms with Crippen molar-refractivity contribution in [2.45, 2.75) is 51.6 Å². The Kier molecular flexibility index (Phi) is 7.42. The summed E-state index contributed by atoms with van der Waals surface area (Å²) >= 11 is 0. The van der Waals surface area contributed by atoms with Crippen LogP contribution >= 0.6 is 0 Å². The van der Waals surface area contributed by atoms with Crippen LogP contribution in [0.15, 0.2) is 55.0 Å². The number of pyridine rings is 2. The summed E-state index contributed by atoms with van der Waals surface area (Å²) in [6, 6.07) is 12.2. The molecule has 1 aromatic carbocycles. The minimum absolute atomic E-state index is 0.254. The Hall–Kier alpha value is -3.62. The van der Waals surface area contributed by atoms with Gasteiger partial charge in [0.15, 0.2) is 5.69 Å². The number of carbonyl (C=O) groups excluding carboxylic acids is 1. The van der Waals surface area contributed by atoms with Gasteiger partial charge in [-0.3, -0.25) is 29.7 Å². The summed E-state index contributed by atoms with van der Waals surface area (Å²) in [5.74, 6) is -0.254. The number of likely N-dealkylation sites (tertiary alicyclic amines) is 2. The fourth-order valence-corrected chi connectivity index (χ4v) is 5.60. The Balaban J connectivity index is 1.17. The highest BCUT2D eigenvalue weighted by Gasteiger charge is 2.17. The molecule has 1 amide bonds. The van der Waals surface area contributed by atoms with E-state index in [4.69, 9.17) is 0 Å². The van der Waals surface area contributed by atoms with Gasteiger partial charge in [0.25, 0.3) is 5.91 Å². The van der Waals surface area contributed by atoms with Gasteiger partial charge in [0.05, 0.1) is 23.1 Å². The van der Waals surface area contributed by atoms with Gasteiger partial charge in [-0.15, -0.1) is 0 Å². The number of aromatic nitrogens is 4. The molecule has 2 aliphatic heterocycles. The first-order chi connectivity index (χ1) is 18.7. The lowest BCUT2D eigenvalue weighted by molar-refractivity contribution is 0.102. The molecule has 2 aliphatic rings. The minimum atomic E-state index is -0.254. The molecular weight excluding hydrogens is 474 g/mol. The van der Waals surface area contributed by atoms with Crippen LogP contribution in [0.1, 0.15) is 60.3 Å². The minimum Gasteiger partial charge on any atom is -0.319 e. The third-order valence-electron chi connectivity index (χ3n) is 7.68. The molecule has 4 aromatic rings. The van der Waals surface area contributed by atoms with E-state index in [1.807, 2.05) is 36.7 Å². The van der Waals surface area contributed by atoms with Crippen LogP contribution < -0.4 is 5.32 Å². The van der Waals surface area contributed by atoms with Gasteiger partial charge in [0.1, 0.15) is 0 Å². The maximum Gasteiger partial charge on any atom is 0.276 e. The SMILES string of the molecule is O=C(Nc1ccc(CN2CCCC2)nc1)c1n[nH]c2ccc(-c3cncc(CN4CCCCCC4)c3)cc12. The molecule has 2 N–H and O–H groups in total. The number of hydrogen-bond donors (Lipinski definition) is 2. The number of hydrogen-bond acceptors (Lipinski definition) is 6. The molecule has 38 heavy (non-hydrogen) atoms. The Bertz CT molecular complexity index is 1380. The normalized spacial score (nSPS) is 17.1.